The lowest BCUT2D eigenvalue weighted by molar-refractivity contribution is 0.797. The molecule has 0 aliphatic heterocycles. The van der Waals surface area contributed by atoms with Gasteiger partial charge in [0.05, 0.1) is 5.38 Å². The Balaban J connectivity index is 2.11. The summed E-state index contributed by atoms with van der Waals surface area (Å²) in [4.78, 5) is 0. The topological polar surface area (TPSA) is 28.7 Å². The Morgan fingerprint density at radius 2 is 2.60 bits per heavy atom. The van der Waals surface area contributed by atoms with Gasteiger partial charge in [0.15, 0.2) is 0 Å². The Labute approximate surface area is 64.6 Å². The summed E-state index contributed by atoms with van der Waals surface area (Å²) in [6.45, 7) is 0. The van der Waals surface area contributed by atoms with Crippen molar-refractivity contribution in [3.05, 3.63) is 18.0 Å². The number of nitrogens with one attached hydrogen (secondary N) is 1. The van der Waals surface area contributed by atoms with E-state index in [2.05, 4.69) is 16.4 Å². The molecule has 2 nitrogen and oxygen atoms in total. The molecule has 1 unspecified atom stereocenters. The summed E-state index contributed by atoms with van der Waals surface area (Å²) in [7, 11) is 0. The predicted octanol–water partition coefficient (Wildman–Crippen LogP) is 1.90. The van der Waals surface area contributed by atoms with Gasteiger partial charge in [0.1, 0.15) is 6.20 Å². The third-order valence-electron chi connectivity index (χ3n) is 1.80. The fourth-order valence-corrected chi connectivity index (χ4v) is 1.38. The summed E-state index contributed by atoms with van der Waals surface area (Å²) in [6, 6.07) is 0. The molecule has 2 rings (SSSR count). The van der Waals surface area contributed by atoms with E-state index in [0.29, 0.717) is 5.92 Å². The van der Waals surface area contributed by atoms with E-state index >= 15 is 0 Å². The van der Waals surface area contributed by atoms with Gasteiger partial charge in [0.2, 0.25) is 0 Å². The number of alkyl halides is 1. The molecule has 1 radical (unpaired) electrons. The van der Waals surface area contributed by atoms with Crippen LogP contribution in [0, 0.1) is 12.1 Å². The number of H-pyrrole nitrogens is 1. The molecule has 0 spiro atoms. The molecule has 1 heterocycles. The van der Waals surface area contributed by atoms with Crippen LogP contribution in [0.1, 0.15) is 23.8 Å². The van der Waals surface area contributed by atoms with Crippen LogP contribution in [0.25, 0.3) is 0 Å². The van der Waals surface area contributed by atoms with Crippen molar-refractivity contribution >= 4 is 11.6 Å². The van der Waals surface area contributed by atoms with Crippen LogP contribution in [-0.4, -0.2) is 10.2 Å². The van der Waals surface area contributed by atoms with Crippen LogP contribution in [0.5, 0.6) is 0 Å². The number of hydrogen-bond donors (Lipinski definition) is 1. The molecule has 10 heavy (non-hydrogen) atoms. The first kappa shape index (κ1) is 6.23. The van der Waals surface area contributed by atoms with Gasteiger partial charge < -0.3 is 0 Å². The predicted molar refractivity (Wildman–Crippen MR) is 38.7 cm³/mol. The van der Waals surface area contributed by atoms with Gasteiger partial charge in [-0.05, 0) is 18.8 Å². The highest BCUT2D eigenvalue weighted by molar-refractivity contribution is 6.21. The molecular formula is C7H8ClN2. The van der Waals surface area contributed by atoms with Crippen molar-refractivity contribution < 1.29 is 0 Å². The quantitative estimate of drug-likeness (QED) is 0.650. The van der Waals surface area contributed by atoms with Crippen LogP contribution in [0.2, 0.25) is 0 Å². The van der Waals surface area contributed by atoms with Crippen molar-refractivity contribution in [1.29, 1.82) is 0 Å². The molecule has 1 N–H and O–H groups in total. The standard InChI is InChI=1S/C7H8ClN2/c8-7(5-1-2-5)6-3-9-10-4-6/h3,5,7H,1-2H2,(H,9,10). The highest BCUT2D eigenvalue weighted by Gasteiger charge is 2.31. The number of hydrogen-bond acceptors (Lipinski definition) is 1. The maximum atomic E-state index is 6.05. The first-order valence-electron chi connectivity index (χ1n) is 3.43. The molecule has 0 aromatic carbocycles. The van der Waals surface area contributed by atoms with Gasteiger partial charge >= 0.3 is 0 Å². The Morgan fingerprint density at radius 3 is 3.10 bits per heavy atom. The van der Waals surface area contributed by atoms with Gasteiger partial charge in [-0.25, -0.2) is 0 Å². The second kappa shape index (κ2) is 2.27. The highest BCUT2D eigenvalue weighted by Crippen LogP contribution is 2.44. The zero-order chi connectivity index (χ0) is 6.97. The molecule has 53 valence electrons. The summed E-state index contributed by atoms with van der Waals surface area (Å²) in [6.07, 6.45) is 7.15. The van der Waals surface area contributed by atoms with Crippen molar-refractivity contribution in [3.63, 3.8) is 0 Å². The van der Waals surface area contributed by atoms with Gasteiger partial charge in [0, 0.05) is 11.8 Å². The van der Waals surface area contributed by atoms with Crippen LogP contribution >= 0.6 is 11.6 Å². The van der Waals surface area contributed by atoms with Gasteiger partial charge in [-0.2, -0.15) is 5.10 Å². The van der Waals surface area contributed by atoms with Gasteiger partial charge in [-0.1, -0.05) is 0 Å². The van der Waals surface area contributed by atoms with Crippen LogP contribution in [0.4, 0.5) is 0 Å². The highest BCUT2D eigenvalue weighted by atomic mass is 35.5. The summed E-state index contributed by atoms with van der Waals surface area (Å²) in [5.74, 6) is 0.676. The number of aromatic nitrogens is 2. The summed E-state index contributed by atoms with van der Waals surface area (Å²) in [5, 5.41) is 6.56. The summed E-state index contributed by atoms with van der Waals surface area (Å²) >= 11 is 6.05. The minimum Gasteiger partial charge on any atom is -0.285 e. The molecule has 3 heteroatoms. The molecule has 0 saturated heterocycles. The molecule has 0 bridgehead atoms. The average molecular weight is 156 g/mol. The molecular weight excluding hydrogens is 148 g/mol. The SMILES string of the molecule is ClC(c1[c]n[nH]c1)C1CC1. The minimum atomic E-state index is 0.138. The van der Waals surface area contributed by atoms with Crippen LogP contribution in [0.15, 0.2) is 6.20 Å². The van der Waals surface area contributed by atoms with Crippen LogP contribution in [0.3, 0.4) is 0 Å². The molecule has 1 aromatic heterocycles. The molecule has 1 aliphatic carbocycles. The van der Waals surface area contributed by atoms with E-state index in [9.17, 15) is 0 Å². The number of nitrogens with zero attached hydrogens (tertiary/aromatic N) is 1. The van der Waals surface area contributed by atoms with E-state index < -0.39 is 0 Å². The molecule has 1 aromatic rings. The lowest BCUT2D eigenvalue weighted by Crippen LogP contribution is -1.88. The van der Waals surface area contributed by atoms with E-state index in [4.69, 9.17) is 11.6 Å². The molecule has 1 atom stereocenters. The Bertz CT molecular complexity index is 203. The lowest BCUT2D eigenvalue weighted by atomic mass is 10.2. The third-order valence-corrected chi connectivity index (χ3v) is 2.39. The van der Waals surface area contributed by atoms with Crippen molar-refractivity contribution in [3.8, 4) is 0 Å². The van der Waals surface area contributed by atoms with Crippen molar-refractivity contribution in [1.82, 2.24) is 10.2 Å². The van der Waals surface area contributed by atoms with Gasteiger partial charge in [-0.15, -0.1) is 11.6 Å². The molecule has 1 aliphatic rings. The Kier molecular flexibility index (Phi) is 1.42. The van der Waals surface area contributed by atoms with Crippen molar-refractivity contribution in [2.75, 3.05) is 0 Å². The number of aromatic amines is 1. The second-order valence-corrected chi connectivity index (χ2v) is 3.16. The van der Waals surface area contributed by atoms with E-state index in [1.54, 1.807) is 0 Å². The third kappa shape index (κ3) is 1.03. The fourth-order valence-electron chi connectivity index (χ4n) is 1.02. The minimum absolute atomic E-state index is 0.138. The molecule has 1 saturated carbocycles. The van der Waals surface area contributed by atoms with E-state index in [1.165, 1.54) is 12.8 Å². The smallest absolute Gasteiger partial charge is 0.117 e. The van der Waals surface area contributed by atoms with Crippen molar-refractivity contribution in [2.45, 2.75) is 18.2 Å². The Hall–Kier alpha value is -0.500. The molecule has 1 fully saturated rings. The monoisotopic (exact) mass is 155 g/mol. The van der Waals surface area contributed by atoms with Gasteiger partial charge in [-0.3, -0.25) is 5.10 Å². The summed E-state index contributed by atoms with van der Waals surface area (Å²) < 4.78 is 0. The maximum Gasteiger partial charge on any atom is 0.117 e. The number of halogens is 1. The van der Waals surface area contributed by atoms with E-state index in [-0.39, 0.29) is 5.38 Å². The zero-order valence-corrected chi connectivity index (χ0v) is 6.23. The summed E-state index contributed by atoms with van der Waals surface area (Å²) in [5.41, 5.74) is 1.00. The van der Waals surface area contributed by atoms with Gasteiger partial charge in [0.25, 0.3) is 0 Å². The first-order valence-corrected chi connectivity index (χ1v) is 3.87. The fraction of sp³-hybridized carbons (Fsp3) is 0.571. The normalized spacial score (nSPS) is 20.9. The first-order chi connectivity index (χ1) is 4.88. The Morgan fingerprint density at radius 1 is 1.80 bits per heavy atom. The van der Waals surface area contributed by atoms with E-state index in [1.807, 2.05) is 6.20 Å². The maximum absolute atomic E-state index is 6.05. The largest absolute Gasteiger partial charge is 0.285 e. The van der Waals surface area contributed by atoms with Crippen molar-refractivity contribution in [2.24, 2.45) is 5.92 Å². The molecule has 0 amide bonds. The van der Waals surface area contributed by atoms with Crippen LogP contribution < -0.4 is 0 Å². The number of rotatable bonds is 2. The zero-order valence-electron chi connectivity index (χ0n) is 5.47. The lowest BCUT2D eigenvalue weighted by Gasteiger charge is -2.00. The average Bonchev–Trinajstić information content (AvgIpc) is 2.65. The van der Waals surface area contributed by atoms with Crippen LogP contribution in [-0.2, 0) is 0 Å². The second-order valence-electron chi connectivity index (χ2n) is 2.69. The van der Waals surface area contributed by atoms with E-state index in [0.717, 1.165) is 5.56 Å².